The largest absolute Gasteiger partial charge is 0.464 e. The Kier molecular flexibility index (Phi) is 6.68. The minimum atomic E-state index is -1.17. The SMILES string of the molecule is CCC(C)(C)NC(=O)[C@@H](c1ccc(C)o1)N(C(=O)Cn1nnc2ccccc21)c1cccc(F)c1. The fourth-order valence-electron chi connectivity index (χ4n) is 3.77. The molecule has 9 heteroatoms. The van der Waals surface area contributed by atoms with E-state index in [0.29, 0.717) is 23.2 Å². The Balaban J connectivity index is 1.80. The Bertz CT molecular complexity index is 1360. The van der Waals surface area contributed by atoms with Gasteiger partial charge in [-0.2, -0.15) is 0 Å². The predicted molar refractivity (Wildman–Crippen MR) is 130 cm³/mol. The number of furan rings is 1. The van der Waals surface area contributed by atoms with E-state index >= 15 is 0 Å². The summed E-state index contributed by atoms with van der Waals surface area (Å²) in [4.78, 5) is 28.7. The van der Waals surface area contributed by atoms with Crippen LogP contribution in [0.2, 0.25) is 0 Å². The molecule has 0 aliphatic carbocycles. The van der Waals surface area contributed by atoms with E-state index in [1.807, 2.05) is 32.9 Å². The molecule has 8 nitrogen and oxygen atoms in total. The quantitative estimate of drug-likeness (QED) is 0.402. The van der Waals surface area contributed by atoms with Gasteiger partial charge in [-0.15, -0.1) is 5.10 Å². The first kappa shape index (κ1) is 24.1. The highest BCUT2D eigenvalue weighted by Crippen LogP contribution is 2.31. The van der Waals surface area contributed by atoms with E-state index in [0.717, 1.165) is 0 Å². The van der Waals surface area contributed by atoms with Crippen LogP contribution in [0.5, 0.6) is 0 Å². The summed E-state index contributed by atoms with van der Waals surface area (Å²) in [6.45, 7) is 7.29. The van der Waals surface area contributed by atoms with Crippen LogP contribution in [0.25, 0.3) is 11.0 Å². The minimum absolute atomic E-state index is 0.211. The molecule has 4 aromatic rings. The van der Waals surface area contributed by atoms with Crippen molar-refractivity contribution in [3.63, 3.8) is 0 Å². The summed E-state index contributed by atoms with van der Waals surface area (Å²) in [5, 5.41) is 11.2. The lowest BCUT2D eigenvalue weighted by molar-refractivity contribution is -0.128. The topological polar surface area (TPSA) is 93.3 Å². The van der Waals surface area contributed by atoms with Crippen molar-refractivity contribution in [1.29, 1.82) is 0 Å². The number of aryl methyl sites for hydroxylation is 1. The zero-order chi connectivity index (χ0) is 25.2. The number of nitrogens with one attached hydrogen (secondary N) is 1. The molecule has 0 aliphatic heterocycles. The molecular weight excluding hydrogens is 449 g/mol. The second-order valence-corrected chi connectivity index (χ2v) is 9.06. The van der Waals surface area contributed by atoms with Gasteiger partial charge in [-0.1, -0.05) is 30.3 Å². The Hall–Kier alpha value is -4.01. The van der Waals surface area contributed by atoms with Gasteiger partial charge in [0.15, 0.2) is 6.04 Å². The highest BCUT2D eigenvalue weighted by atomic mass is 19.1. The lowest BCUT2D eigenvalue weighted by Crippen LogP contribution is -2.51. The van der Waals surface area contributed by atoms with Crippen LogP contribution in [0, 0.1) is 12.7 Å². The molecule has 0 unspecified atom stereocenters. The van der Waals surface area contributed by atoms with Gasteiger partial charge in [0.25, 0.3) is 5.91 Å². The second-order valence-electron chi connectivity index (χ2n) is 9.06. The zero-order valence-electron chi connectivity index (χ0n) is 20.2. The van der Waals surface area contributed by atoms with Crippen LogP contribution < -0.4 is 10.2 Å². The molecule has 4 rings (SSSR count). The number of hydrogen-bond donors (Lipinski definition) is 1. The number of para-hydroxylation sites is 1. The van der Waals surface area contributed by atoms with Crippen LogP contribution in [-0.2, 0) is 16.1 Å². The van der Waals surface area contributed by atoms with E-state index < -0.39 is 29.2 Å². The molecule has 0 fully saturated rings. The highest BCUT2D eigenvalue weighted by Gasteiger charge is 2.37. The summed E-state index contributed by atoms with van der Waals surface area (Å²) in [7, 11) is 0. The van der Waals surface area contributed by atoms with Crippen LogP contribution in [0.15, 0.2) is 65.1 Å². The number of halogens is 1. The Labute approximate surface area is 202 Å². The maximum Gasteiger partial charge on any atom is 0.251 e. The number of anilines is 1. The number of hydrogen-bond acceptors (Lipinski definition) is 5. The van der Waals surface area contributed by atoms with Crippen LogP contribution >= 0.6 is 0 Å². The van der Waals surface area contributed by atoms with Gasteiger partial charge in [0.2, 0.25) is 5.91 Å². The van der Waals surface area contributed by atoms with Crippen molar-refractivity contribution in [3.05, 3.63) is 78.0 Å². The van der Waals surface area contributed by atoms with E-state index in [9.17, 15) is 14.0 Å². The standard InChI is InChI=1S/C26H28FN5O3/c1-5-26(3,4)28-25(34)24(22-14-13-17(2)35-22)32(19-10-8-9-18(27)15-19)23(33)16-31-21-12-7-6-11-20(21)29-30-31/h6-15,24H,5,16H2,1-4H3,(H,28,34)/t24-/m1/s1. The number of benzene rings is 2. The summed E-state index contributed by atoms with van der Waals surface area (Å²) in [5.41, 5.74) is 0.999. The third-order valence-electron chi connectivity index (χ3n) is 5.94. The maximum absolute atomic E-state index is 14.3. The third-order valence-corrected chi connectivity index (χ3v) is 5.94. The number of aromatic nitrogens is 3. The number of carbonyl (C=O) groups excluding carboxylic acids is 2. The van der Waals surface area contributed by atoms with Gasteiger partial charge >= 0.3 is 0 Å². The molecule has 0 spiro atoms. The highest BCUT2D eigenvalue weighted by molar-refractivity contribution is 6.01. The van der Waals surface area contributed by atoms with Gasteiger partial charge in [-0.05, 0) is 69.7 Å². The minimum Gasteiger partial charge on any atom is -0.464 e. The molecule has 2 heterocycles. The number of fused-ring (bicyclic) bond motifs is 1. The van der Waals surface area contributed by atoms with Gasteiger partial charge in [0.05, 0.1) is 5.52 Å². The number of carbonyl (C=O) groups is 2. The zero-order valence-corrected chi connectivity index (χ0v) is 20.2. The smallest absolute Gasteiger partial charge is 0.251 e. The maximum atomic E-state index is 14.3. The average molecular weight is 478 g/mol. The van der Waals surface area contributed by atoms with Crippen molar-refractivity contribution in [1.82, 2.24) is 20.3 Å². The van der Waals surface area contributed by atoms with Crippen LogP contribution in [0.1, 0.15) is 44.8 Å². The Morgan fingerprint density at radius 2 is 1.91 bits per heavy atom. The van der Waals surface area contributed by atoms with E-state index in [-0.39, 0.29) is 18.0 Å². The molecule has 0 bridgehead atoms. The molecule has 2 aromatic carbocycles. The third kappa shape index (κ3) is 5.24. The molecule has 1 N–H and O–H groups in total. The number of rotatable bonds is 8. The summed E-state index contributed by atoms with van der Waals surface area (Å²) in [5.74, 6) is -0.591. The lowest BCUT2D eigenvalue weighted by Gasteiger charge is -2.33. The number of amides is 2. The molecule has 2 aromatic heterocycles. The van der Waals surface area contributed by atoms with Crippen molar-refractivity contribution < 1.29 is 18.4 Å². The van der Waals surface area contributed by atoms with Crippen molar-refractivity contribution >= 4 is 28.5 Å². The van der Waals surface area contributed by atoms with Crippen molar-refractivity contribution in [2.24, 2.45) is 0 Å². The summed E-state index contributed by atoms with van der Waals surface area (Å²) >= 11 is 0. The van der Waals surface area contributed by atoms with Crippen molar-refractivity contribution in [2.45, 2.75) is 52.2 Å². The molecule has 0 saturated heterocycles. The van der Waals surface area contributed by atoms with Crippen LogP contribution in [0.3, 0.4) is 0 Å². The lowest BCUT2D eigenvalue weighted by atomic mass is 10.0. The predicted octanol–water partition coefficient (Wildman–Crippen LogP) is 4.55. The molecule has 0 saturated carbocycles. The van der Waals surface area contributed by atoms with Crippen molar-refractivity contribution in [3.8, 4) is 0 Å². The van der Waals surface area contributed by atoms with Gasteiger partial charge in [0.1, 0.15) is 29.4 Å². The van der Waals surface area contributed by atoms with Crippen molar-refractivity contribution in [2.75, 3.05) is 4.90 Å². The second kappa shape index (κ2) is 9.69. The van der Waals surface area contributed by atoms with E-state index in [1.165, 1.54) is 27.8 Å². The van der Waals surface area contributed by atoms with Gasteiger partial charge in [-0.3, -0.25) is 14.5 Å². The molecular formula is C26H28FN5O3. The molecule has 0 radical (unpaired) electrons. The van der Waals surface area contributed by atoms with E-state index in [4.69, 9.17) is 4.42 Å². The summed E-state index contributed by atoms with van der Waals surface area (Å²) < 4.78 is 21.6. The molecule has 35 heavy (non-hydrogen) atoms. The Morgan fingerprint density at radius 3 is 2.60 bits per heavy atom. The Morgan fingerprint density at radius 1 is 1.14 bits per heavy atom. The number of nitrogens with zero attached hydrogens (tertiary/aromatic N) is 4. The summed E-state index contributed by atoms with van der Waals surface area (Å²) in [6.07, 6.45) is 0.668. The first-order valence-corrected chi connectivity index (χ1v) is 11.4. The van der Waals surface area contributed by atoms with Crippen LogP contribution in [-0.4, -0.2) is 32.3 Å². The van der Waals surface area contributed by atoms with Crippen LogP contribution in [0.4, 0.5) is 10.1 Å². The first-order valence-electron chi connectivity index (χ1n) is 11.4. The summed E-state index contributed by atoms with van der Waals surface area (Å²) in [6, 6.07) is 15.0. The molecule has 2 amide bonds. The van der Waals surface area contributed by atoms with E-state index in [2.05, 4.69) is 15.6 Å². The van der Waals surface area contributed by atoms with E-state index in [1.54, 1.807) is 37.3 Å². The fraction of sp³-hybridized carbons (Fsp3) is 0.308. The normalized spacial score (nSPS) is 12.5. The van der Waals surface area contributed by atoms with Gasteiger partial charge in [-0.25, -0.2) is 9.07 Å². The van der Waals surface area contributed by atoms with Gasteiger partial charge < -0.3 is 9.73 Å². The average Bonchev–Trinajstić information content (AvgIpc) is 3.43. The van der Waals surface area contributed by atoms with Gasteiger partial charge in [0, 0.05) is 11.2 Å². The fourth-order valence-corrected chi connectivity index (χ4v) is 3.77. The molecule has 0 aliphatic rings. The first-order chi connectivity index (χ1) is 16.7. The monoisotopic (exact) mass is 477 g/mol. The molecule has 182 valence electrons. The molecule has 1 atom stereocenters.